The summed E-state index contributed by atoms with van der Waals surface area (Å²) < 4.78 is 19.5. The Bertz CT molecular complexity index is 1020. The van der Waals surface area contributed by atoms with Crippen molar-refractivity contribution in [1.82, 2.24) is 0 Å². The fourth-order valence-corrected chi connectivity index (χ4v) is 3.44. The van der Waals surface area contributed by atoms with Gasteiger partial charge in [0.2, 0.25) is 0 Å². The molecule has 142 valence electrons. The highest BCUT2D eigenvalue weighted by Crippen LogP contribution is 2.38. The number of amides is 1. The first-order chi connectivity index (χ1) is 13.6. The van der Waals surface area contributed by atoms with Crippen molar-refractivity contribution in [3.05, 3.63) is 89.2 Å². The van der Waals surface area contributed by atoms with E-state index in [4.69, 9.17) is 4.74 Å². The Kier molecular flexibility index (Phi) is 4.74. The van der Waals surface area contributed by atoms with Gasteiger partial charge >= 0.3 is 0 Å². The first-order valence-electron chi connectivity index (χ1n) is 9.26. The van der Waals surface area contributed by atoms with E-state index in [2.05, 4.69) is 5.32 Å². The van der Waals surface area contributed by atoms with Crippen molar-refractivity contribution in [3.8, 4) is 5.75 Å². The van der Waals surface area contributed by atoms with Gasteiger partial charge in [0.25, 0.3) is 5.91 Å². The molecule has 0 unspecified atom stereocenters. The molecule has 0 bridgehead atoms. The predicted octanol–water partition coefficient (Wildman–Crippen LogP) is 5.30. The molecule has 1 aliphatic heterocycles. The zero-order valence-electron chi connectivity index (χ0n) is 15.8. The highest BCUT2D eigenvalue weighted by molar-refractivity contribution is 6.11. The zero-order chi connectivity index (χ0) is 19.7. The van der Waals surface area contributed by atoms with Gasteiger partial charge in [0, 0.05) is 22.5 Å². The third-order valence-corrected chi connectivity index (χ3v) is 4.86. The number of benzene rings is 3. The lowest BCUT2D eigenvalue weighted by Gasteiger charge is -2.27. The summed E-state index contributed by atoms with van der Waals surface area (Å²) in [6.45, 7) is 4.23. The third kappa shape index (κ3) is 3.20. The number of carbonyl (C=O) groups is 1. The van der Waals surface area contributed by atoms with Crippen LogP contribution in [0.3, 0.4) is 0 Å². The molecule has 0 fully saturated rings. The highest BCUT2D eigenvalue weighted by atomic mass is 19.1. The van der Waals surface area contributed by atoms with Crippen LogP contribution in [0, 0.1) is 12.7 Å². The minimum absolute atomic E-state index is 0.0927. The van der Waals surface area contributed by atoms with Crippen LogP contribution in [-0.4, -0.2) is 12.5 Å². The summed E-state index contributed by atoms with van der Waals surface area (Å²) in [7, 11) is 0. The maximum absolute atomic E-state index is 14.0. The summed E-state index contributed by atoms with van der Waals surface area (Å²) in [4.78, 5) is 14.8. The number of hydrogen-bond donors (Lipinski definition) is 1. The summed E-state index contributed by atoms with van der Waals surface area (Å²) in [5.74, 6) is 0.376. The number of fused-ring (bicyclic) bond motifs is 1. The zero-order valence-corrected chi connectivity index (χ0v) is 15.8. The van der Waals surface area contributed by atoms with Gasteiger partial charge in [-0.05, 0) is 61.9 Å². The lowest BCUT2D eigenvalue weighted by Crippen LogP contribution is -2.32. The van der Waals surface area contributed by atoms with Gasteiger partial charge < -0.3 is 10.1 Å². The molecule has 1 heterocycles. The molecule has 3 aromatic rings. The standard InChI is InChI=1S/C23H21FN2O2/c1-3-28-18-12-10-17(11-13-18)26-22(19-6-4-5-7-20(19)23(26)27)25-16-9-8-15(2)21(24)14-16/h4-14,22,25H,3H2,1-2H3/t22-/m0/s1. The fraction of sp³-hybridized carbons (Fsp3) is 0.174. The quantitative estimate of drug-likeness (QED) is 0.657. The van der Waals surface area contributed by atoms with Crippen LogP contribution in [0.25, 0.3) is 0 Å². The molecule has 0 aromatic heterocycles. The molecule has 5 heteroatoms. The summed E-state index contributed by atoms with van der Waals surface area (Å²) in [6.07, 6.45) is -0.427. The molecule has 1 N–H and O–H groups in total. The molecule has 0 aliphatic carbocycles. The molecule has 4 nitrogen and oxygen atoms in total. The number of hydrogen-bond acceptors (Lipinski definition) is 3. The van der Waals surface area contributed by atoms with Crippen molar-refractivity contribution in [1.29, 1.82) is 0 Å². The van der Waals surface area contributed by atoms with Gasteiger partial charge in [-0.2, -0.15) is 0 Å². The van der Waals surface area contributed by atoms with E-state index in [1.807, 2.05) is 61.5 Å². The van der Waals surface area contributed by atoms with Crippen LogP contribution in [0.5, 0.6) is 5.75 Å². The van der Waals surface area contributed by atoms with Crippen LogP contribution in [0.2, 0.25) is 0 Å². The number of halogens is 1. The van der Waals surface area contributed by atoms with E-state index < -0.39 is 6.17 Å². The molecular formula is C23H21FN2O2. The van der Waals surface area contributed by atoms with Gasteiger partial charge in [0.1, 0.15) is 17.7 Å². The Morgan fingerprint density at radius 3 is 2.54 bits per heavy atom. The van der Waals surface area contributed by atoms with Crippen molar-refractivity contribution < 1.29 is 13.9 Å². The largest absolute Gasteiger partial charge is 0.494 e. The molecule has 4 rings (SSSR count). The number of aryl methyl sites for hydroxylation is 1. The first-order valence-corrected chi connectivity index (χ1v) is 9.26. The van der Waals surface area contributed by atoms with Crippen molar-refractivity contribution in [2.75, 3.05) is 16.8 Å². The smallest absolute Gasteiger partial charge is 0.260 e. The molecule has 3 aromatic carbocycles. The minimum atomic E-state index is -0.427. The maximum Gasteiger partial charge on any atom is 0.260 e. The van der Waals surface area contributed by atoms with E-state index in [9.17, 15) is 9.18 Å². The van der Waals surface area contributed by atoms with Crippen LogP contribution >= 0.6 is 0 Å². The summed E-state index contributed by atoms with van der Waals surface area (Å²) in [6, 6.07) is 19.9. The van der Waals surface area contributed by atoms with Gasteiger partial charge in [-0.3, -0.25) is 9.69 Å². The van der Waals surface area contributed by atoms with Crippen LogP contribution in [0.1, 0.15) is 34.6 Å². The molecule has 0 saturated carbocycles. The third-order valence-electron chi connectivity index (χ3n) is 4.86. The summed E-state index contributed by atoms with van der Waals surface area (Å²) in [5, 5.41) is 3.32. The van der Waals surface area contributed by atoms with Crippen molar-refractivity contribution in [3.63, 3.8) is 0 Å². The lowest BCUT2D eigenvalue weighted by molar-refractivity contribution is 0.0993. The number of ether oxygens (including phenoxy) is 1. The Balaban J connectivity index is 1.72. The van der Waals surface area contributed by atoms with Crippen LogP contribution in [-0.2, 0) is 0 Å². The number of carbonyl (C=O) groups excluding carboxylic acids is 1. The topological polar surface area (TPSA) is 41.6 Å². The SMILES string of the molecule is CCOc1ccc(N2C(=O)c3ccccc3[C@H]2Nc2ccc(C)c(F)c2)cc1. The lowest BCUT2D eigenvalue weighted by atomic mass is 10.1. The maximum atomic E-state index is 14.0. The van der Waals surface area contributed by atoms with Crippen molar-refractivity contribution >= 4 is 17.3 Å². The Morgan fingerprint density at radius 2 is 1.82 bits per heavy atom. The van der Waals surface area contributed by atoms with E-state index in [1.165, 1.54) is 6.07 Å². The average molecular weight is 376 g/mol. The number of anilines is 2. The monoisotopic (exact) mass is 376 g/mol. The normalized spacial score (nSPS) is 15.5. The average Bonchev–Trinajstić information content (AvgIpc) is 2.98. The second-order valence-corrected chi connectivity index (χ2v) is 6.70. The molecule has 0 spiro atoms. The van der Waals surface area contributed by atoms with Crippen LogP contribution < -0.4 is 15.0 Å². The van der Waals surface area contributed by atoms with Crippen molar-refractivity contribution in [2.45, 2.75) is 20.0 Å². The fourth-order valence-electron chi connectivity index (χ4n) is 3.44. The highest BCUT2D eigenvalue weighted by Gasteiger charge is 2.37. The van der Waals surface area contributed by atoms with Crippen LogP contribution in [0.4, 0.5) is 15.8 Å². The van der Waals surface area contributed by atoms with Gasteiger partial charge in [-0.15, -0.1) is 0 Å². The van der Waals surface area contributed by atoms with Gasteiger partial charge in [-0.25, -0.2) is 4.39 Å². The molecular weight excluding hydrogens is 355 g/mol. The molecule has 1 aliphatic rings. The van der Waals surface area contributed by atoms with Gasteiger partial charge in [-0.1, -0.05) is 24.3 Å². The molecule has 0 saturated heterocycles. The Labute approximate surface area is 163 Å². The Morgan fingerprint density at radius 1 is 1.07 bits per heavy atom. The van der Waals surface area contributed by atoms with E-state index >= 15 is 0 Å². The van der Waals surface area contributed by atoms with E-state index in [0.29, 0.717) is 23.4 Å². The van der Waals surface area contributed by atoms with Crippen LogP contribution in [0.15, 0.2) is 66.7 Å². The predicted molar refractivity (Wildman–Crippen MR) is 108 cm³/mol. The van der Waals surface area contributed by atoms with Gasteiger partial charge in [0.15, 0.2) is 0 Å². The van der Waals surface area contributed by atoms with E-state index in [0.717, 1.165) is 17.0 Å². The summed E-state index contributed by atoms with van der Waals surface area (Å²) in [5.41, 5.74) is 3.45. The molecule has 28 heavy (non-hydrogen) atoms. The first kappa shape index (κ1) is 18.0. The van der Waals surface area contributed by atoms with E-state index in [1.54, 1.807) is 17.9 Å². The molecule has 1 atom stereocenters. The number of nitrogens with zero attached hydrogens (tertiary/aromatic N) is 1. The second kappa shape index (κ2) is 7.35. The number of nitrogens with one attached hydrogen (secondary N) is 1. The Hall–Kier alpha value is -3.34. The van der Waals surface area contributed by atoms with Gasteiger partial charge in [0.05, 0.1) is 6.61 Å². The van der Waals surface area contributed by atoms with Crippen molar-refractivity contribution in [2.24, 2.45) is 0 Å². The number of rotatable bonds is 5. The molecule has 1 amide bonds. The molecule has 0 radical (unpaired) electrons. The minimum Gasteiger partial charge on any atom is -0.494 e. The summed E-state index contributed by atoms with van der Waals surface area (Å²) >= 11 is 0. The van der Waals surface area contributed by atoms with E-state index in [-0.39, 0.29) is 11.7 Å². The second-order valence-electron chi connectivity index (χ2n) is 6.70.